The number of pyridine rings is 1. The van der Waals surface area contributed by atoms with E-state index in [1.165, 1.54) is 16.7 Å². The SMILES string of the molecule is Cc1cccc([C@@H](C)Nc2nncc3cnc(N4CCNCC4)cc23)c1C. The van der Waals surface area contributed by atoms with Crippen molar-refractivity contribution in [1.29, 1.82) is 0 Å². The molecular weight excluding hydrogens is 336 g/mol. The quantitative estimate of drug-likeness (QED) is 0.743. The van der Waals surface area contributed by atoms with Gasteiger partial charge in [-0.05, 0) is 43.5 Å². The van der Waals surface area contributed by atoms with Crippen molar-refractivity contribution in [3.8, 4) is 0 Å². The molecule has 0 saturated carbocycles. The summed E-state index contributed by atoms with van der Waals surface area (Å²) in [5.74, 6) is 1.80. The zero-order valence-corrected chi connectivity index (χ0v) is 16.2. The van der Waals surface area contributed by atoms with Crippen LogP contribution in [-0.2, 0) is 0 Å². The second kappa shape index (κ2) is 7.48. The Hall–Kier alpha value is -2.73. The lowest BCUT2D eigenvalue weighted by atomic mass is 9.98. The van der Waals surface area contributed by atoms with E-state index in [-0.39, 0.29) is 6.04 Å². The van der Waals surface area contributed by atoms with E-state index in [1.807, 2.05) is 6.20 Å². The maximum atomic E-state index is 4.64. The molecule has 4 rings (SSSR count). The number of nitrogens with zero attached hydrogens (tertiary/aromatic N) is 4. The third-order valence-electron chi connectivity index (χ3n) is 5.44. The fourth-order valence-electron chi connectivity index (χ4n) is 3.66. The Bertz CT molecular complexity index is 949. The van der Waals surface area contributed by atoms with Crippen LogP contribution in [0.1, 0.15) is 29.7 Å². The first kappa shape index (κ1) is 17.7. The summed E-state index contributed by atoms with van der Waals surface area (Å²) in [5.41, 5.74) is 3.90. The monoisotopic (exact) mass is 362 g/mol. The molecule has 1 fully saturated rings. The molecule has 27 heavy (non-hydrogen) atoms. The summed E-state index contributed by atoms with van der Waals surface area (Å²) in [4.78, 5) is 6.95. The van der Waals surface area contributed by atoms with Crippen LogP contribution in [0.2, 0.25) is 0 Å². The van der Waals surface area contributed by atoms with E-state index < -0.39 is 0 Å². The zero-order valence-electron chi connectivity index (χ0n) is 16.2. The minimum absolute atomic E-state index is 0.139. The minimum Gasteiger partial charge on any atom is -0.362 e. The number of hydrogen-bond donors (Lipinski definition) is 2. The topological polar surface area (TPSA) is 66.0 Å². The van der Waals surface area contributed by atoms with E-state index in [0.29, 0.717) is 0 Å². The Morgan fingerprint density at radius 2 is 1.96 bits per heavy atom. The van der Waals surface area contributed by atoms with Crippen LogP contribution in [0.5, 0.6) is 0 Å². The molecule has 0 bridgehead atoms. The van der Waals surface area contributed by atoms with Crippen molar-refractivity contribution in [3.05, 3.63) is 53.3 Å². The lowest BCUT2D eigenvalue weighted by Crippen LogP contribution is -2.43. The van der Waals surface area contributed by atoms with E-state index in [9.17, 15) is 0 Å². The molecule has 1 saturated heterocycles. The molecule has 2 aromatic heterocycles. The molecule has 2 N–H and O–H groups in total. The highest BCUT2D eigenvalue weighted by Crippen LogP contribution is 2.28. The van der Waals surface area contributed by atoms with Crippen LogP contribution in [0, 0.1) is 13.8 Å². The van der Waals surface area contributed by atoms with Crippen molar-refractivity contribution in [2.24, 2.45) is 0 Å². The van der Waals surface area contributed by atoms with Crippen molar-refractivity contribution in [3.63, 3.8) is 0 Å². The molecule has 0 amide bonds. The lowest BCUT2D eigenvalue weighted by Gasteiger charge is -2.28. The molecule has 6 heteroatoms. The van der Waals surface area contributed by atoms with Crippen molar-refractivity contribution in [2.45, 2.75) is 26.8 Å². The van der Waals surface area contributed by atoms with Gasteiger partial charge in [0.05, 0.1) is 12.2 Å². The first-order chi connectivity index (χ1) is 13.1. The predicted octanol–water partition coefficient (Wildman–Crippen LogP) is 3.22. The molecule has 1 aliphatic rings. The fraction of sp³-hybridized carbons (Fsp3) is 0.381. The van der Waals surface area contributed by atoms with E-state index >= 15 is 0 Å². The van der Waals surface area contributed by atoms with Gasteiger partial charge in [0.25, 0.3) is 0 Å². The largest absolute Gasteiger partial charge is 0.362 e. The Morgan fingerprint density at radius 3 is 2.78 bits per heavy atom. The van der Waals surface area contributed by atoms with Crippen molar-refractivity contribution in [1.82, 2.24) is 20.5 Å². The number of benzene rings is 1. The van der Waals surface area contributed by atoms with Crippen molar-refractivity contribution in [2.75, 3.05) is 36.4 Å². The van der Waals surface area contributed by atoms with Gasteiger partial charge >= 0.3 is 0 Å². The molecule has 1 atom stereocenters. The maximum absolute atomic E-state index is 4.64. The molecule has 140 valence electrons. The van der Waals surface area contributed by atoms with Gasteiger partial charge in [0, 0.05) is 43.1 Å². The predicted molar refractivity (Wildman–Crippen MR) is 110 cm³/mol. The molecule has 0 unspecified atom stereocenters. The average Bonchev–Trinajstić information content (AvgIpc) is 2.70. The highest BCUT2D eigenvalue weighted by Gasteiger charge is 2.16. The number of rotatable bonds is 4. The number of hydrogen-bond acceptors (Lipinski definition) is 6. The smallest absolute Gasteiger partial charge is 0.157 e. The van der Waals surface area contributed by atoms with Gasteiger partial charge in [0.1, 0.15) is 5.82 Å². The first-order valence-corrected chi connectivity index (χ1v) is 9.53. The van der Waals surface area contributed by atoms with Crippen LogP contribution in [0.3, 0.4) is 0 Å². The maximum Gasteiger partial charge on any atom is 0.157 e. The molecule has 3 aromatic rings. The van der Waals surface area contributed by atoms with Gasteiger partial charge in [-0.3, -0.25) is 0 Å². The zero-order chi connectivity index (χ0) is 18.8. The van der Waals surface area contributed by atoms with Gasteiger partial charge in [-0.1, -0.05) is 18.2 Å². The second-order valence-electron chi connectivity index (χ2n) is 7.22. The summed E-state index contributed by atoms with van der Waals surface area (Å²) >= 11 is 0. The number of fused-ring (bicyclic) bond motifs is 1. The number of nitrogens with one attached hydrogen (secondary N) is 2. The average molecular weight is 362 g/mol. The van der Waals surface area contributed by atoms with Gasteiger partial charge in [-0.2, -0.15) is 5.10 Å². The number of piperazine rings is 1. The highest BCUT2D eigenvalue weighted by atomic mass is 15.2. The van der Waals surface area contributed by atoms with Crippen LogP contribution < -0.4 is 15.5 Å². The summed E-state index contributed by atoms with van der Waals surface area (Å²) < 4.78 is 0. The minimum atomic E-state index is 0.139. The summed E-state index contributed by atoms with van der Waals surface area (Å²) in [7, 11) is 0. The van der Waals surface area contributed by atoms with E-state index in [0.717, 1.165) is 48.6 Å². The Labute approximate surface area is 160 Å². The van der Waals surface area contributed by atoms with E-state index in [2.05, 4.69) is 75.8 Å². The normalized spacial score (nSPS) is 15.7. The van der Waals surface area contributed by atoms with Crippen LogP contribution in [0.15, 0.2) is 36.7 Å². The number of anilines is 2. The Kier molecular flexibility index (Phi) is 4.90. The number of aryl methyl sites for hydroxylation is 1. The van der Waals surface area contributed by atoms with Crippen LogP contribution >= 0.6 is 0 Å². The second-order valence-corrected chi connectivity index (χ2v) is 7.22. The Balaban J connectivity index is 1.67. The van der Waals surface area contributed by atoms with E-state index in [4.69, 9.17) is 0 Å². The molecular formula is C21H26N6. The third kappa shape index (κ3) is 3.57. The summed E-state index contributed by atoms with van der Waals surface area (Å²) in [6.07, 6.45) is 3.67. The van der Waals surface area contributed by atoms with E-state index in [1.54, 1.807) is 6.20 Å². The van der Waals surface area contributed by atoms with Gasteiger partial charge in [-0.25, -0.2) is 4.98 Å². The molecule has 3 heterocycles. The van der Waals surface area contributed by atoms with Gasteiger partial charge in [0.15, 0.2) is 5.82 Å². The van der Waals surface area contributed by atoms with Crippen LogP contribution in [0.25, 0.3) is 10.8 Å². The fourth-order valence-corrected chi connectivity index (χ4v) is 3.66. The molecule has 1 aromatic carbocycles. The van der Waals surface area contributed by atoms with Crippen LogP contribution in [-0.4, -0.2) is 41.4 Å². The van der Waals surface area contributed by atoms with Crippen molar-refractivity contribution >= 4 is 22.4 Å². The Morgan fingerprint density at radius 1 is 1.15 bits per heavy atom. The lowest BCUT2D eigenvalue weighted by molar-refractivity contribution is 0.585. The molecule has 6 nitrogen and oxygen atoms in total. The van der Waals surface area contributed by atoms with Gasteiger partial charge in [0.2, 0.25) is 0 Å². The molecule has 0 radical (unpaired) electrons. The number of aromatic nitrogens is 3. The van der Waals surface area contributed by atoms with Crippen molar-refractivity contribution < 1.29 is 0 Å². The van der Waals surface area contributed by atoms with Gasteiger partial charge < -0.3 is 15.5 Å². The molecule has 0 spiro atoms. The standard InChI is InChI=1S/C21H26N6/c1-14-5-4-6-18(15(14)2)16(3)25-21-19-11-20(27-9-7-22-8-10-27)23-12-17(19)13-24-26-21/h4-6,11-13,16,22H,7-10H2,1-3H3,(H,25,26)/t16-/m1/s1. The summed E-state index contributed by atoms with van der Waals surface area (Å²) in [5, 5.41) is 17.6. The molecule has 0 aliphatic carbocycles. The third-order valence-corrected chi connectivity index (χ3v) is 5.44. The summed E-state index contributed by atoms with van der Waals surface area (Å²) in [6, 6.07) is 8.70. The first-order valence-electron chi connectivity index (χ1n) is 9.53. The van der Waals surface area contributed by atoms with Crippen LogP contribution in [0.4, 0.5) is 11.6 Å². The van der Waals surface area contributed by atoms with Gasteiger partial charge in [-0.15, -0.1) is 5.10 Å². The highest BCUT2D eigenvalue weighted by molar-refractivity contribution is 5.92. The summed E-state index contributed by atoms with van der Waals surface area (Å²) in [6.45, 7) is 10.4. The molecule has 1 aliphatic heterocycles.